The van der Waals surface area contributed by atoms with Crippen molar-refractivity contribution in [2.75, 3.05) is 12.4 Å². The van der Waals surface area contributed by atoms with Crippen LogP contribution in [0.25, 0.3) is 16.5 Å². The molecule has 1 amide bonds. The number of halogens is 1. The van der Waals surface area contributed by atoms with E-state index in [1.165, 1.54) is 0 Å². The van der Waals surface area contributed by atoms with Crippen LogP contribution in [0.5, 0.6) is 0 Å². The smallest absolute Gasteiger partial charge is 0.329 e. The largest absolute Gasteiger partial charge is 0.481 e. The van der Waals surface area contributed by atoms with E-state index in [9.17, 15) is 19.6 Å². The Bertz CT molecular complexity index is 1250. The number of hydrogen-bond acceptors (Lipinski definition) is 7. The first-order chi connectivity index (χ1) is 15.8. The van der Waals surface area contributed by atoms with Crippen molar-refractivity contribution >= 4 is 56.3 Å². The van der Waals surface area contributed by atoms with E-state index in [-0.39, 0.29) is 12.4 Å². The van der Waals surface area contributed by atoms with Crippen LogP contribution in [0.3, 0.4) is 0 Å². The van der Waals surface area contributed by atoms with Crippen LogP contribution in [-0.2, 0) is 19.1 Å². The Kier molecular flexibility index (Phi) is 8.08. The quantitative estimate of drug-likeness (QED) is 0.318. The normalized spacial score (nSPS) is 11.5. The summed E-state index contributed by atoms with van der Waals surface area (Å²) in [4.78, 5) is 39.8. The molecule has 9 nitrogen and oxygen atoms in total. The number of carbonyl (C=O) groups excluding carboxylic acids is 2. The first-order valence-electron chi connectivity index (χ1n) is 9.81. The molecule has 170 valence electrons. The third-order valence-corrected chi connectivity index (χ3v) is 6.08. The molecule has 2 aromatic carbocycles. The summed E-state index contributed by atoms with van der Waals surface area (Å²) in [6.07, 6.45) is 1.02. The molecule has 1 unspecified atom stereocenters. The summed E-state index contributed by atoms with van der Waals surface area (Å²) in [6, 6.07) is 11.9. The van der Waals surface area contributed by atoms with Crippen LogP contribution in [0, 0.1) is 11.3 Å². The number of aromatic nitrogens is 2. The zero-order valence-electron chi connectivity index (χ0n) is 17.4. The van der Waals surface area contributed by atoms with Gasteiger partial charge in [-0.25, -0.2) is 9.78 Å². The number of aliphatic carboxylic acids is 1. The molecule has 33 heavy (non-hydrogen) atoms. The number of carbonyl (C=O) groups is 3. The molecule has 0 saturated carbocycles. The predicted molar refractivity (Wildman–Crippen MR) is 125 cm³/mol. The lowest BCUT2D eigenvalue weighted by Gasteiger charge is -2.16. The molecule has 0 aliphatic rings. The molecule has 0 spiro atoms. The maximum absolute atomic E-state index is 12.5. The van der Waals surface area contributed by atoms with Gasteiger partial charge in [0, 0.05) is 10.8 Å². The highest BCUT2D eigenvalue weighted by atomic mass is 79.9. The molecule has 0 aliphatic heterocycles. The average molecular weight is 531 g/mol. The zero-order chi connectivity index (χ0) is 24.0. The molecule has 3 rings (SSSR count). The summed E-state index contributed by atoms with van der Waals surface area (Å²) in [5.74, 6) is -2.66. The Hall–Kier alpha value is -3.36. The van der Waals surface area contributed by atoms with Gasteiger partial charge in [0.25, 0.3) is 0 Å². The van der Waals surface area contributed by atoms with Crippen molar-refractivity contribution in [1.29, 1.82) is 5.26 Å². The molecule has 0 bridgehead atoms. The third-order valence-electron chi connectivity index (χ3n) is 4.57. The summed E-state index contributed by atoms with van der Waals surface area (Å²) in [7, 11) is 0. The monoisotopic (exact) mass is 530 g/mol. The molecule has 2 N–H and O–H groups in total. The number of carboxylic acids is 1. The summed E-state index contributed by atoms with van der Waals surface area (Å²) in [5, 5.41) is 23.0. The van der Waals surface area contributed by atoms with Crippen molar-refractivity contribution in [2.24, 2.45) is 0 Å². The number of carboxylic acid groups (broad SMARTS) is 1. The van der Waals surface area contributed by atoms with Gasteiger partial charge >= 0.3 is 11.9 Å². The number of fused-ring (bicyclic) bond motifs is 1. The van der Waals surface area contributed by atoms with E-state index in [1.54, 1.807) is 25.3 Å². The predicted octanol–water partition coefficient (Wildman–Crippen LogP) is 3.27. The minimum atomic E-state index is -1.27. The molecule has 3 aromatic rings. The van der Waals surface area contributed by atoms with Crippen molar-refractivity contribution in [1.82, 2.24) is 14.9 Å². The van der Waals surface area contributed by atoms with Crippen LogP contribution in [0.15, 0.2) is 52.4 Å². The lowest BCUT2D eigenvalue weighted by molar-refractivity contribution is -0.151. The van der Waals surface area contributed by atoms with Crippen LogP contribution >= 0.6 is 27.7 Å². The number of imidazole rings is 1. The van der Waals surface area contributed by atoms with Crippen molar-refractivity contribution in [3.05, 3.63) is 52.8 Å². The Morgan fingerprint density at radius 2 is 2.00 bits per heavy atom. The van der Waals surface area contributed by atoms with E-state index < -0.39 is 30.3 Å². The summed E-state index contributed by atoms with van der Waals surface area (Å²) < 4.78 is 7.29. The summed E-state index contributed by atoms with van der Waals surface area (Å²) in [5.41, 5.74) is 1.31. The number of ether oxygens (including phenoxy) is 1. The summed E-state index contributed by atoms with van der Waals surface area (Å²) in [6.45, 7) is 1.67. The van der Waals surface area contributed by atoms with E-state index in [4.69, 9.17) is 9.84 Å². The topological polar surface area (TPSA) is 134 Å². The number of amides is 1. The van der Waals surface area contributed by atoms with Crippen LogP contribution in [0.2, 0.25) is 0 Å². The number of benzene rings is 2. The minimum Gasteiger partial charge on any atom is -0.481 e. The fraction of sp³-hybridized carbons (Fsp3) is 0.227. The van der Waals surface area contributed by atoms with E-state index in [2.05, 4.69) is 32.3 Å². The lowest BCUT2D eigenvalue weighted by atomic mass is 10.0. The molecule has 0 radical (unpaired) electrons. The number of rotatable bonds is 9. The van der Waals surface area contributed by atoms with E-state index >= 15 is 0 Å². The molecule has 1 aromatic heterocycles. The van der Waals surface area contributed by atoms with Gasteiger partial charge in [0.05, 0.1) is 42.3 Å². The molecule has 11 heteroatoms. The van der Waals surface area contributed by atoms with Gasteiger partial charge in [-0.1, -0.05) is 36.0 Å². The molecule has 0 aliphatic carbocycles. The fourth-order valence-electron chi connectivity index (χ4n) is 3.19. The maximum atomic E-state index is 12.5. The highest BCUT2D eigenvalue weighted by molar-refractivity contribution is 9.10. The van der Waals surface area contributed by atoms with Gasteiger partial charge in [0.1, 0.15) is 10.6 Å². The first-order valence-corrected chi connectivity index (χ1v) is 11.6. The maximum Gasteiger partial charge on any atom is 0.329 e. The van der Waals surface area contributed by atoms with Gasteiger partial charge in [-0.05, 0) is 35.0 Å². The van der Waals surface area contributed by atoms with E-state index in [1.807, 2.05) is 28.8 Å². The second-order valence-corrected chi connectivity index (χ2v) is 8.50. The van der Waals surface area contributed by atoms with Crippen LogP contribution in [-0.4, -0.2) is 50.9 Å². The van der Waals surface area contributed by atoms with Gasteiger partial charge in [-0.15, -0.1) is 0 Å². The Balaban J connectivity index is 1.82. The van der Waals surface area contributed by atoms with Gasteiger partial charge in [0.15, 0.2) is 5.16 Å². The van der Waals surface area contributed by atoms with E-state index in [0.717, 1.165) is 28.2 Å². The molecular weight excluding hydrogens is 512 g/mol. The highest BCUT2D eigenvalue weighted by Gasteiger charge is 2.25. The highest BCUT2D eigenvalue weighted by Crippen LogP contribution is 2.32. The lowest BCUT2D eigenvalue weighted by Crippen LogP contribution is -2.44. The van der Waals surface area contributed by atoms with Crippen molar-refractivity contribution < 1.29 is 24.2 Å². The minimum absolute atomic E-state index is 0.0730. The van der Waals surface area contributed by atoms with Crippen LogP contribution in [0.1, 0.15) is 18.9 Å². The van der Waals surface area contributed by atoms with Gasteiger partial charge in [-0.2, -0.15) is 5.26 Å². The number of nitriles is 1. The number of nitrogens with zero attached hydrogens (tertiary/aromatic N) is 3. The van der Waals surface area contributed by atoms with Gasteiger partial charge in [-0.3, -0.25) is 14.2 Å². The molecule has 1 heterocycles. The second-order valence-electron chi connectivity index (χ2n) is 6.75. The fourth-order valence-corrected chi connectivity index (χ4v) is 4.56. The average Bonchev–Trinajstić information content (AvgIpc) is 3.16. The third kappa shape index (κ3) is 5.71. The molecule has 0 saturated heterocycles. The SMILES string of the molecule is CCOC(=O)C(CC(=O)O)NC(=O)CSc1ncc(Br)n1-c1ccc(C#N)c2ccccc12. The second kappa shape index (κ2) is 11.0. The Labute approximate surface area is 201 Å². The van der Waals surface area contributed by atoms with Gasteiger partial charge in [0.2, 0.25) is 5.91 Å². The Morgan fingerprint density at radius 1 is 1.27 bits per heavy atom. The van der Waals surface area contributed by atoms with Crippen molar-refractivity contribution in [3.63, 3.8) is 0 Å². The summed E-state index contributed by atoms with van der Waals surface area (Å²) >= 11 is 4.60. The van der Waals surface area contributed by atoms with Crippen LogP contribution in [0.4, 0.5) is 0 Å². The van der Waals surface area contributed by atoms with Crippen LogP contribution < -0.4 is 5.32 Å². The number of thioether (sulfide) groups is 1. The number of esters is 1. The first kappa shape index (κ1) is 24.3. The standard InChI is InChI=1S/C22H19BrN4O5S/c1-2-32-21(31)16(9-20(29)30)26-19(28)12-33-22-25-11-18(23)27(22)17-8-7-13(10-24)14-5-3-4-6-15(14)17/h3-8,11,16H,2,9,12H2,1H3,(H,26,28)(H,29,30). The van der Waals surface area contributed by atoms with Gasteiger partial charge < -0.3 is 15.2 Å². The van der Waals surface area contributed by atoms with E-state index in [0.29, 0.717) is 15.3 Å². The Morgan fingerprint density at radius 3 is 2.67 bits per heavy atom. The number of hydrogen-bond donors (Lipinski definition) is 2. The number of nitrogens with one attached hydrogen (secondary N) is 1. The molecular formula is C22H19BrN4O5S. The van der Waals surface area contributed by atoms with Crippen molar-refractivity contribution in [3.8, 4) is 11.8 Å². The molecule has 1 atom stereocenters. The van der Waals surface area contributed by atoms with Crippen molar-refractivity contribution in [2.45, 2.75) is 24.5 Å². The molecule has 0 fully saturated rings. The zero-order valence-corrected chi connectivity index (χ0v) is 19.9.